The van der Waals surface area contributed by atoms with Gasteiger partial charge in [0.2, 0.25) is 5.91 Å². The third-order valence-corrected chi connectivity index (χ3v) is 3.58. The predicted molar refractivity (Wildman–Crippen MR) is 82.7 cm³/mol. The van der Waals surface area contributed by atoms with E-state index in [1.807, 2.05) is 12.1 Å². The third kappa shape index (κ3) is 4.63. The fraction of sp³-hybridized carbons (Fsp3) is 0.467. The van der Waals surface area contributed by atoms with Gasteiger partial charge in [-0.1, -0.05) is 38.1 Å². The van der Waals surface area contributed by atoms with Crippen LogP contribution in [-0.4, -0.2) is 44.1 Å². The molecule has 0 spiro atoms. The first-order valence-corrected chi connectivity index (χ1v) is 7.49. The summed E-state index contributed by atoms with van der Waals surface area (Å²) < 4.78 is 1.40. The van der Waals surface area contributed by atoms with E-state index in [4.69, 9.17) is 0 Å². The fourth-order valence-electron chi connectivity index (χ4n) is 2.22. The Morgan fingerprint density at radius 3 is 2.59 bits per heavy atom. The first-order chi connectivity index (χ1) is 10.7. The summed E-state index contributed by atoms with van der Waals surface area (Å²) in [5.74, 6) is -0.107. The topological polar surface area (TPSA) is 75.9 Å². The van der Waals surface area contributed by atoms with E-state index >= 15 is 0 Å². The molecule has 0 saturated carbocycles. The molecule has 118 valence electrons. The van der Waals surface area contributed by atoms with Gasteiger partial charge in [-0.2, -0.15) is 0 Å². The summed E-state index contributed by atoms with van der Waals surface area (Å²) in [7, 11) is 0. The lowest BCUT2D eigenvalue weighted by atomic mass is 10.1. The second-order valence-corrected chi connectivity index (χ2v) is 5.01. The Balaban J connectivity index is 1.93. The first-order valence-electron chi connectivity index (χ1n) is 7.49. The van der Waals surface area contributed by atoms with Gasteiger partial charge in [0.15, 0.2) is 0 Å². The molecular weight excluding hydrogens is 280 g/mol. The summed E-state index contributed by atoms with van der Waals surface area (Å²) in [6.07, 6.45) is 1.42. The zero-order valence-corrected chi connectivity index (χ0v) is 13.1. The Morgan fingerprint density at radius 2 is 1.95 bits per heavy atom. The van der Waals surface area contributed by atoms with Gasteiger partial charge in [-0.05, 0) is 34.6 Å². The molecule has 0 bridgehead atoms. The van der Waals surface area contributed by atoms with Gasteiger partial charge in [0.05, 0.1) is 0 Å². The number of nitrogens with zero attached hydrogens (tertiary/aromatic N) is 5. The number of aromatic nitrogens is 4. The van der Waals surface area contributed by atoms with Crippen LogP contribution in [0.15, 0.2) is 30.6 Å². The molecule has 1 amide bonds. The number of hydrogen-bond donors (Lipinski definition) is 1. The molecule has 7 nitrogen and oxygen atoms in total. The highest BCUT2D eigenvalue weighted by Gasteiger charge is 2.08. The number of amides is 1. The molecule has 0 aliphatic heterocycles. The summed E-state index contributed by atoms with van der Waals surface area (Å²) in [5, 5.41) is 13.6. The lowest BCUT2D eigenvalue weighted by Crippen LogP contribution is -2.28. The van der Waals surface area contributed by atoms with Crippen LogP contribution in [0.5, 0.6) is 0 Å². The van der Waals surface area contributed by atoms with Gasteiger partial charge >= 0.3 is 0 Å². The fourth-order valence-corrected chi connectivity index (χ4v) is 2.22. The van der Waals surface area contributed by atoms with E-state index in [2.05, 4.69) is 51.7 Å². The molecule has 0 aliphatic rings. The second-order valence-electron chi connectivity index (χ2n) is 5.01. The minimum absolute atomic E-state index is 0.107. The minimum atomic E-state index is -0.107. The quantitative estimate of drug-likeness (QED) is 0.782. The van der Waals surface area contributed by atoms with E-state index in [1.165, 1.54) is 16.6 Å². The number of nitrogens with one attached hydrogen (secondary N) is 1. The van der Waals surface area contributed by atoms with Crippen LogP contribution in [-0.2, 0) is 24.4 Å². The molecule has 2 rings (SSSR count). The van der Waals surface area contributed by atoms with Crippen LogP contribution >= 0.6 is 0 Å². The molecule has 0 atom stereocenters. The van der Waals surface area contributed by atoms with Crippen molar-refractivity contribution < 1.29 is 4.79 Å². The average molecular weight is 302 g/mol. The van der Waals surface area contributed by atoms with Gasteiger partial charge < -0.3 is 5.32 Å². The van der Waals surface area contributed by atoms with Crippen molar-refractivity contribution in [3.63, 3.8) is 0 Å². The number of tetrazole rings is 1. The van der Waals surface area contributed by atoms with E-state index in [1.54, 1.807) is 0 Å². The van der Waals surface area contributed by atoms with Gasteiger partial charge in [0.1, 0.15) is 12.9 Å². The summed E-state index contributed by atoms with van der Waals surface area (Å²) in [4.78, 5) is 14.2. The van der Waals surface area contributed by atoms with Crippen molar-refractivity contribution in [3.8, 4) is 0 Å². The van der Waals surface area contributed by atoms with Crippen molar-refractivity contribution in [3.05, 3.63) is 41.7 Å². The Hall–Kier alpha value is -2.28. The van der Waals surface area contributed by atoms with Gasteiger partial charge in [-0.15, -0.1) is 5.10 Å². The van der Waals surface area contributed by atoms with Crippen LogP contribution in [0.1, 0.15) is 25.0 Å². The van der Waals surface area contributed by atoms with E-state index in [0.29, 0.717) is 6.54 Å². The van der Waals surface area contributed by atoms with Gasteiger partial charge in [-0.25, -0.2) is 4.68 Å². The number of rotatable bonds is 8. The van der Waals surface area contributed by atoms with Crippen molar-refractivity contribution in [2.45, 2.75) is 33.5 Å². The van der Waals surface area contributed by atoms with Crippen LogP contribution < -0.4 is 5.32 Å². The molecule has 1 N–H and O–H groups in total. The lowest BCUT2D eigenvalue weighted by Gasteiger charge is -2.20. The van der Waals surface area contributed by atoms with E-state index in [0.717, 1.165) is 25.2 Å². The SMILES string of the molecule is CCN(CC)Cc1ccccc1CNC(=O)Cn1cnnn1. The standard InChI is InChI=1S/C15H22N6O/c1-3-20(4-2)10-14-8-6-5-7-13(14)9-16-15(22)11-21-12-17-18-19-21/h5-8,12H,3-4,9-11H2,1-2H3,(H,16,22). The van der Waals surface area contributed by atoms with E-state index < -0.39 is 0 Å². The zero-order chi connectivity index (χ0) is 15.8. The molecule has 7 heteroatoms. The maximum absolute atomic E-state index is 11.9. The highest BCUT2D eigenvalue weighted by atomic mass is 16.2. The second kappa shape index (κ2) is 8.23. The molecule has 0 radical (unpaired) electrons. The van der Waals surface area contributed by atoms with Crippen molar-refractivity contribution in [2.24, 2.45) is 0 Å². The van der Waals surface area contributed by atoms with Crippen LogP contribution in [0.25, 0.3) is 0 Å². The normalized spacial score (nSPS) is 10.9. The van der Waals surface area contributed by atoms with Crippen molar-refractivity contribution >= 4 is 5.91 Å². The number of benzene rings is 1. The zero-order valence-electron chi connectivity index (χ0n) is 13.1. The van der Waals surface area contributed by atoms with Crippen molar-refractivity contribution in [1.29, 1.82) is 0 Å². The Kier molecular flexibility index (Phi) is 6.02. The molecule has 1 aromatic heterocycles. The van der Waals surface area contributed by atoms with Gasteiger partial charge in [0, 0.05) is 13.1 Å². The van der Waals surface area contributed by atoms with Crippen LogP contribution in [0.2, 0.25) is 0 Å². The lowest BCUT2D eigenvalue weighted by molar-refractivity contribution is -0.122. The Morgan fingerprint density at radius 1 is 1.23 bits per heavy atom. The molecule has 2 aromatic rings. The van der Waals surface area contributed by atoms with Crippen LogP contribution in [0.3, 0.4) is 0 Å². The maximum atomic E-state index is 11.9. The highest BCUT2D eigenvalue weighted by Crippen LogP contribution is 2.11. The van der Waals surface area contributed by atoms with Crippen molar-refractivity contribution in [2.75, 3.05) is 13.1 Å². The van der Waals surface area contributed by atoms with Gasteiger partial charge in [-0.3, -0.25) is 9.69 Å². The Labute approximate surface area is 130 Å². The molecule has 0 saturated heterocycles. The Bertz CT molecular complexity index is 579. The smallest absolute Gasteiger partial charge is 0.242 e. The molecule has 22 heavy (non-hydrogen) atoms. The molecule has 0 fully saturated rings. The first kappa shape index (κ1) is 16.1. The van der Waals surface area contributed by atoms with E-state index in [9.17, 15) is 4.79 Å². The minimum Gasteiger partial charge on any atom is -0.350 e. The third-order valence-electron chi connectivity index (χ3n) is 3.58. The van der Waals surface area contributed by atoms with Crippen molar-refractivity contribution in [1.82, 2.24) is 30.4 Å². The summed E-state index contributed by atoms with van der Waals surface area (Å²) >= 11 is 0. The van der Waals surface area contributed by atoms with Crippen LogP contribution in [0.4, 0.5) is 0 Å². The van der Waals surface area contributed by atoms with E-state index in [-0.39, 0.29) is 12.5 Å². The number of carbonyl (C=O) groups excluding carboxylic acids is 1. The monoisotopic (exact) mass is 302 g/mol. The summed E-state index contributed by atoms with van der Waals surface area (Å²) in [6, 6.07) is 8.19. The van der Waals surface area contributed by atoms with Gasteiger partial charge in [0.25, 0.3) is 0 Å². The van der Waals surface area contributed by atoms with Crippen LogP contribution in [0, 0.1) is 0 Å². The molecule has 1 aromatic carbocycles. The number of carbonyl (C=O) groups is 1. The molecule has 1 heterocycles. The predicted octanol–water partition coefficient (Wildman–Crippen LogP) is 0.831. The average Bonchev–Trinajstić information content (AvgIpc) is 3.04. The molecular formula is C15H22N6O. The number of hydrogen-bond acceptors (Lipinski definition) is 5. The highest BCUT2D eigenvalue weighted by molar-refractivity contribution is 5.75. The maximum Gasteiger partial charge on any atom is 0.242 e. The summed E-state index contributed by atoms with van der Waals surface area (Å²) in [6.45, 7) is 7.86. The largest absolute Gasteiger partial charge is 0.350 e. The molecule has 0 unspecified atom stereocenters. The summed E-state index contributed by atoms with van der Waals surface area (Å²) in [5.41, 5.74) is 2.38. The molecule has 0 aliphatic carbocycles.